The van der Waals surface area contributed by atoms with Gasteiger partial charge in [0, 0.05) is 0 Å². The van der Waals surface area contributed by atoms with Crippen LogP contribution in [0.2, 0.25) is 0 Å². The van der Waals surface area contributed by atoms with Crippen molar-refractivity contribution in [3.63, 3.8) is 0 Å². The Morgan fingerprint density at radius 2 is 1.76 bits per heavy atom. The summed E-state index contributed by atoms with van der Waals surface area (Å²) in [5.41, 5.74) is 10.2. The summed E-state index contributed by atoms with van der Waals surface area (Å²) in [6.45, 7) is 4.49. The van der Waals surface area contributed by atoms with Gasteiger partial charge in [-0.05, 0) is 37.6 Å². The van der Waals surface area contributed by atoms with Crippen molar-refractivity contribution in [3.05, 3.63) is 58.7 Å². The average molecular weight is 285 g/mol. The molecule has 0 aliphatic rings. The highest BCUT2D eigenvalue weighted by molar-refractivity contribution is 5.90. The molecule has 0 spiro atoms. The highest BCUT2D eigenvalue weighted by Gasteiger charge is 2.09. The molecule has 0 aromatic heterocycles. The number of methoxy groups -OCH3 is 1. The van der Waals surface area contributed by atoms with Gasteiger partial charge in [-0.3, -0.25) is 0 Å². The largest absolute Gasteiger partial charge is 0.487 e. The van der Waals surface area contributed by atoms with Crippen LogP contribution < -0.4 is 10.5 Å². The smallest absolute Gasteiger partial charge is 0.337 e. The van der Waals surface area contributed by atoms with E-state index in [2.05, 4.69) is 18.2 Å². The summed E-state index contributed by atoms with van der Waals surface area (Å²) in [7, 11) is 1.34. The average Bonchev–Trinajstić information content (AvgIpc) is 2.44. The molecule has 4 nitrogen and oxygen atoms in total. The third kappa shape index (κ3) is 3.75. The number of ether oxygens (including phenoxy) is 2. The number of hydrogen-bond acceptors (Lipinski definition) is 4. The second kappa shape index (κ2) is 6.31. The normalized spacial score (nSPS) is 10.2. The molecule has 0 aliphatic carbocycles. The van der Waals surface area contributed by atoms with Gasteiger partial charge in [0.2, 0.25) is 0 Å². The molecule has 4 heteroatoms. The number of esters is 1. The summed E-state index contributed by atoms with van der Waals surface area (Å²) >= 11 is 0. The van der Waals surface area contributed by atoms with Gasteiger partial charge in [-0.2, -0.15) is 0 Å². The third-order valence-corrected chi connectivity index (χ3v) is 3.11. The minimum absolute atomic E-state index is 0.400. The van der Waals surface area contributed by atoms with E-state index >= 15 is 0 Å². The number of nitrogens with two attached hydrogens (primary N) is 1. The van der Waals surface area contributed by atoms with E-state index in [-0.39, 0.29) is 0 Å². The van der Waals surface area contributed by atoms with Gasteiger partial charge in [0.05, 0.1) is 18.4 Å². The van der Waals surface area contributed by atoms with E-state index < -0.39 is 5.97 Å². The third-order valence-electron chi connectivity index (χ3n) is 3.11. The van der Waals surface area contributed by atoms with Crippen molar-refractivity contribution in [2.45, 2.75) is 20.5 Å². The predicted molar refractivity (Wildman–Crippen MR) is 82.4 cm³/mol. The second-order valence-electron chi connectivity index (χ2n) is 5.03. The molecule has 0 fully saturated rings. The lowest BCUT2D eigenvalue weighted by molar-refractivity contribution is 0.0600. The fourth-order valence-corrected chi connectivity index (χ4v) is 2.22. The Kier molecular flexibility index (Phi) is 4.48. The van der Waals surface area contributed by atoms with Crippen LogP contribution in [0.3, 0.4) is 0 Å². The molecule has 2 N–H and O–H groups in total. The molecule has 0 radical (unpaired) electrons. The summed E-state index contributed by atoms with van der Waals surface area (Å²) in [5.74, 6) is 0.0725. The standard InChI is InChI=1S/C17H19NO3/c1-11-6-12(2)8-13(7-11)10-21-16-9-14(17(19)20-3)4-5-15(16)18/h4-9H,10,18H2,1-3H3. The molecule has 0 amide bonds. The lowest BCUT2D eigenvalue weighted by Gasteiger charge is -2.11. The van der Waals surface area contributed by atoms with Crippen molar-refractivity contribution in [2.24, 2.45) is 0 Å². The monoisotopic (exact) mass is 285 g/mol. The second-order valence-corrected chi connectivity index (χ2v) is 5.03. The first-order valence-corrected chi connectivity index (χ1v) is 6.67. The molecule has 0 aliphatic heterocycles. The Bertz CT molecular complexity index is 645. The zero-order chi connectivity index (χ0) is 15.4. The number of carbonyl (C=O) groups excluding carboxylic acids is 1. The van der Waals surface area contributed by atoms with E-state index in [1.54, 1.807) is 18.2 Å². The van der Waals surface area contributed by atoms with Crippen molar-refractivity contribution in [2.75, 3.05) is 12.8 Å². The lowest BCUT2D eigenvalue weighted by atomic mass is 10.1. The van der Waals surface area contributed by atoms with Gasteiger partial charge in [-0.15, -0.1) is 0 Å². The summed E-state index contributed by atoms with van der Waals surface area (Å²) in [6.07, 6.45) is 0. The van der Waals surface area contributed by atoms with E-state index in [4.69, 9.17) is 15.2 Å². The van der Waals surface area contributed by atoms with Gasteiger partial charge >= 0.3 is 5.97 Å². The maximum Gasteiger partial charge on any atom is 0.337 e. The Morgan fingerprint density at radius 3 is 2.38 bits per heavy atom. The first kappa shape index (κ1) is 14.9. The number of aryl methyl sites for hydroxylation is 2. The quantitative estimate of drug-likeness (QED) is 0.692. The van der Waals surface area contributed by atoms with Crippen LogP contribution in [0.5, 0.6) is 5.75 Å². The van der Waals surface area contributed by atoms with E-state index in [0.29, 0.717) is 23.6 Å². The lowest BCUT2D eigenvalue weighted by Crippen LogP contribution is -2.04. The molecule has 0 saturated carbocycles. The fraction of sp³-hybridized carbons (Fsp3) is 0.235. The van der Waals surface area contributed by atoms with Crippen LogP contribution in [0.15, 0.2) is 36.4 Å². The molecule has 110 valence electrons. The molecule has 2 aromatic rings. The summed E-state index contributed by atoms with van der Waals surface area (Å²) in [6, 6.07) is 11.1. The number of hydrogen-bond donors (Lipinski definition) is 1. The number of anilines is 1. The minimum Gasteiger partial charge on any atom is -0.487 e. The maximum atomic E-state index is 11.5. The topological polar surface area (TPSA) is 61.5 Å². The molecule has 0 unspecified atom stereocenters. The Hall–Kier alpha value is -2.49. The van der Waals surface area contributed by atoms with Crippen LogP contribution in [0, 0.1) is 13.8 Å². The van der Waals surface area contributed by atoms with Crippen molar-refractivity contribution >= 4 is 11.7 Å². The summed E-state index contributed by atoms with van der Waals surface area (Å²) in [5, 5.41) is 0. The first-order valence-electron chi connectivity index (χ1n) is 6.67. The van der Waals surface area contributed by atoms with Crippen LogP contribution in [-0.2, 0) is 11.3 Å². The molecular weight excluding hydrogens is 266 g/mol. The number of carbonyl (C=O) groups is 1. The van der Waals surface area contributed by atoms with E-state index in [9.17, 15) is 4.79 Å². The van der Waals surface area contributed by atoms with Gasteiger partial charge in [0.15, 0.2) is 0 Å². The number of rotatable bonds is 4. The molecule has 2 rings (SSSR count). The van der Waals surface area contributed by atoms with Gasteiger partial charge in [0.25, 0.3) is 0 Å². The maximum absolute atomic E-state index is 11.5. The highest BCUT2D eigenvalue weighted by Crippen LogP contribution is 2.24. The number of nitrogen functional groups attached to an aromatic ring is 1. The van der Waals surface area contributed by atoms with Crippen LogP contribution in [0.25, 0.3) is 0 Å². The predicted octanol–water partition coefficient (Wildman–Crippen LogP) is 3.25. The van der Waals surface area contributed by atoms with Gasteiger partial charge in [0.1, 0.15) is 12.4 Å². The van der Waals surface area contributed by atoms with Crippen LogP contribution in [0.4, 0.5) is 5.69 Å². The Morgan fingerprint density at radius 1 is 1.10 bits per heavy atom. The molecule has 0 saturated heterocycles. The minimum atomic E-state index is -0.411. The molecule has 0 heterocycles. The van der Waals surface area contributed by atoms with E-state index in [1.807, 2.05) is 13.8 Å². The van der Waals surface area contributed by atoms with Gasteiger partial charge in [-0.1, -0.05) is 29.3 Å². The van der Waals surface area contributed by atoms with E-state index in [0.717, 1.165) is 5.56 Å². The zero-order valence-corrected chi connectivity index (χ0v) is 12.5. The Balaban J connectivity index is 2.17. The molecular formula is C17H19NO3. The molecule has 21 heavy (non-hydrogen) atoms. The van der Waals surface area contributed by atoms with Crippen LogP contribution in [-0.4, -0.2) is 13.1 Å². The molecule has 0 atom stereocenters. The van der Waals surface area contributed by atoms with Gasteiger partial charge in [-0.25, -0.2) is 4.79 Å². The zero-order valence-electron chi connectivity index (χ0n) is 12.5. The Labute approximate surface area is 124 Å². The van der Waals surface area contributed by atoms with Crippen molar-refractivity contribution in [3.8, 4) is 5.75 Å². The number of benzene rings is 2. The summed E-state index contributed by atoms with van der Waals surface area (Å²) < 4.78 is 10.4. The molecule has 2 aromatic carbocycles. The van der Waals surface area contributed by atoms with E-state index in [1.165, 1.54) is 18.2 Å². The van der Waals surface area contributed by atoms with Crippen molar-refractivity contribution in [1.29, 1.82) is 0 Å². The highest BCUT2D eigenvalue weighted by atomic mass is 16.5. The van der Waals surface area contributed by atoms with Crippen LogP contribution in [0.1, 0.15) is 27.0 Å². The summed E-state index contributed by atoms with van der Waals surface area (Å²) in [4.78, 5) is 11.5. The fourth-order valence-electron chi connectivity index (χ4n) is 2.22. The SMILES string of the molecule is COC(=O)c1ccc(N)c(OCc2cc(C)cc(C)c2)c1. The van der Waals surface area contributed by atoms with Crippen LogP contribution >= 0.6 is 0 Å². The van der Waals surface area contributed by atoms with Crippen molar-refractivity contribution in [1.82, 2.24) is 0 Å². The first-order chi connectivity index (χ1) is 9.99. The molecule has 0 bridgehead atoms. The van der Waals surface area contributed by atoms with Gasteiger partial charge < -0.3 is 15.2 Å². The van der Waals surface area contributed by atoms with Crippen molar-refractivity contribution < 1.29 is 14.3 Å².